The van der Waals surface area contributed by atoms with Gasteiger partial charge in [0.15, 0.2) is 0 Å². The van der Waals surface area contributed by atoms with Crippen molar-refractivity contribution in [3.8, 4) is 0 Å². The number of allylic oxidation sites excluding steroid dienone is 2. The first-order valence-corrected chi connectivity index (χ1v) is 14.6. The molecule has 0 bridgehead atoms. The molecule has 0 spiro atoms. The molecule has 0 aromatic heterocycles. The van der Waals surface area contributed by atoms with Gasteiger partial charge in [-0.3, -0.25) is 0 Å². The Balaban J connectivity index is 1.97. The van der Waals surface area contributed by atoms with Crippen molar-refractivity contribution in [3.05, 3.63) is 93.8 Å². The van der Waals surface area contributed by atoms with E-state index >= 15 is 0 Å². The van der Waals surface area contributed by atoms with E-state index in [0.717, 1.165) is 0 Å². The molecule has 0 aliphatic heterocycles. The van der Waals surface area contributed by atoms with Crippen LogP contribution in [0.2, 0.25) is 13.1 Å². The number of benzene rings is 2. The lowest BCUT2D eigenvalue weighted by atomic mass is 9.82. The summed E-state index contributed by atoms with van der Waals surface area (Å²) in [5.74, 6) is 0. The average Bonchev–Trinajstić information content (AvgIpc) is 3.14. The molecule has 2 aromatic rings. The minimum Gasteiger partial charge on any atom is -0.0646 e. The Morgan fingerprint density at radius 2 is 0.935 bits per heavy atom. The fourth-order valence-corrected chi connectivity index (χ4v) is 10.1. The van der Waals surface area contributed by atoms with Crippen molar-refractivity contribution in [3.63, 3.8) is 0 Å². The zero-order valence-electron chi connectivity index (χ0n) is 21.1. The van der Waals surface area contributed by atoms with Crippen molar-refractivity contribution in [1.29, 1.82) is 0 Å². The molecule has 0 N–H and O–H groups in total. The van der Waals surface area contributed by atoms with Gasteiger partial charge in [0.2, 0.25) is 0 Å². The summed E-state index contributed by atoms with van der Waals surface area (Å²) in [6.45, 7) is 23.9. The Bertz CT molecular complexity index is 1030. The minimum absolute atomic E-state index is 0.124. The van der Waals surface area contributed by atoms with E-state index < -0.39 is 8.07 Å². The molecule has 31 heavy (non-hydrogen) atoms. The summed E-state index contributed by atoms with van der Waals surface area (Å²) < 4.78 is 0. The number of fused-ring (bicyclic) bond motifs is 2. The first-order chi connectivity index (χ1) is 14.2. The second-order valence-electron chi connectivity index (χ2n) is 12.1. The lowest BCUT2D eigenvalue weighted by molar-refractivity contribution is 0.588. The summed E-state index contributed by atoms with van der Waals surface area (Å²) in [6.07, 6.45) is 4.86. The van der Waals surface area contributed by atoms with E-state index in [1.165, 1.54) is 44.5 Å². The highest BCUT2D eigenvalue weighted by Gasteiger charge is 2.43. The molecular weight excluding hydrogens is 388 g/mol. The maximum absolute atomic E-state index is 2.58. The molecule has 0 fully saturated rings. The number of rotatable bonds is 2. The molecule has 2 aromatic carbocycles. The topological polar surface area (TPSA) is 0 Å². The summed E-state index contributed by atoms with van der Waals surface area (Å²) in [5, 5.41) is 3.26. The molecule has 0 amide bonds. The predicted octanol–water partition coefficient (Wildman–Crippen LogP) is 8.45. The molecule has 0 heterocycles. The van der Waals surface area contributed by atoms with Crippen LogP contribution in [-0.4, -0.2) is 8.07 Å². The van der Waals surface area contributed by atoms with Crippen molar-refractivity contribution in [2.24, 2.45) is 0 Å². The zero-order valence-corrected chi connectivity index (χ0v) is 22.1. The smallest absolute Gasteiger partial charge is 0.0646 e. The first kappa shape index (κ1) is 22.3. The van der Waals surface area contributed by atoms with Crippen LogP contribution in [0.4, 0.5) is 0 Å². The molecule has 4 rings (SSSR count). The second kappa shape index (κ2) is 7.07. The Hall–Kier alpha value is -1.86. The van der Waals surface area contributed by atoms with E-state index in [0.29, 0.717) is 0 Å². The summed E-state index contributed by atoms with van der Waals surface area (Å²) in [6, 6.07) is 13.8. The molecule has 0 unspecified atom stereocenters. The van der Waals surface area contributed by atoms with Crippen LogP contribution >= 0.6 is 0 Å². The summed E-state index contributed by atoms with van der Waals surface area (Å²) >= 11 is 0. The molecule has 0 atom stereocenters. The summed E-state index contributed by atoms with van der Waals surface area (Å²) in [4.78, 5) is 0. The van der Waals surface area contributed by atoms with Gasteiger partial charge >= 0.3 is 0 Å². The van der Waals surface area contributed by atoms with E-state index in [2.05, 4.69) is 118 Å². The largest absolute Gasteiger partial charge is 0.113 e. The van der Waals surface area contributed by atoms with Crippen molar-refractivity contribution < 1.29 is 0 Å². The van der Waals surface area contributed by atoms with E-state index in [4.69, 9.17) is 0 Å². The fourth-order valence-electron chi connectivity index (χ4n) is 5.93. The van der Waals surface area contributed by atoms with Gasteiger partial charge in [0, 0.05) is 12.8 Å². The Labute approximate surface area is 191 Å². The van der Waals surface area contributed by atoms with Gasteiger partial charge in [0.05, 0.1) is 0 Å². The Morgan fingerprint density at radius 1 is 0.581 bits per heavy atom. The monoisotopic (exact) mass is 426 g/mol. The normalized spacial score (nSPS) is 16.8. The summed E-state index contributed by atoms with van der Waals surface area (Å²) in [7, 11) is -1.99. The maximum atomic E-state index is 2.58. The van der Waals surface area contributed by atoms with Crippen LogP contribution < -0.4 is 0 Å². The summed E-state index contributed by atoms with van der Waals surface area (Å²) in [5.41, 5.74) is 12.0. The van der Waals surface area contributed by atoms with Crippen LogP contribution in [0.25, 0.3) is 10.4 Å². The SMILES string of the molecule is CC1=C([Si](C)(C)C2=C(C)[CH]c3cccc(C(C)(C)C)c32)c2c(cccc2C(C)(C)C)[CH]1. The molecule has 162 valence electrons. The lowest BCUT2D eigenvalue weighted by Crippen LogP contribution is -2.33. The Kier molecular flexibility index (Phi) is 5.09. The van der Waals surface area contributed by atoms with E-state index in [9.17, 15) is 0 Å². The number of hydrogen-bond donors (Lipinski definition) is 0. The van der Waals surface area contributed by atoms with Crippen LogP contribution in [0.5, 0.6) is 0 Å². The van der Waals surface area contributed by atoms with Crippen LogP contribution in [0, 0.1) is 12.8 Å². The molecular formula is C30H38Si. The van der Waals surface area contributed by atoms with E-state index in [1.54, 1.807) is 10.4 Å². The van der Waals surface area contributed by atoms with Gasteiger partial charge in [-0.15, -0.1) is 0 Å². The molecule has 0 saturated heterocycles. The highest BCUT2D eigenvalue weighted by Crippen LogP contribution is 2.52. The van der Waals surface area contributed by atoms with Gasteiger partial charge in [0.25, 0.3) is 0 Å². The highest BCUT2D eigenvalue weighted by molar-refractivity contribution is 7.09. The third-order valence-electron chi connectivity index (χ3n) is 7.09. The van der Waals surface area contributed by atoms with Crippen molar-refractivity contribution in [2.75, 3.05) is 0 Å². The number of hydrogen-bond acceptors (Lipinski definition) is 0. The minimum atomic E-state index is -1.99. The van der Waals surface area contributed by atoms with Crippen molar-refractivity contribution in [2.45, 2.75) is 79.3 Å². The van der Waals surface area contributed by atoms with Crippen LogP contribution in [0.3, 0.4) is 0 Å². The molecule has 0 saturated carbocycles. The third-order valence-corrected chi connectivity index (χ3v) is 10.9. The van der Waals surface area contributed by atoms with E-state index in [-0.39, 0.29) is 10.8 Å². The molecule has 0 nitrogen and oxygen atoms in total. The average molecular weight is 427 g/mol. The van der Waals surface area contributed by atoms with Gasteiger partial charge in [-0.05, 0) is 68.5 Å². The molecule has 1 heteroatoms. The van der Waals surface area contributed by atoms with Crippen LogP contribution in [-0.2, 0) is 10.8 Å². The molecule has 2 aliphatic carbocycles. The third kappa shape index (κ3) is 3.50. The van der Waals surface area contributed by atoms with Crippen molar-refractivity contribution >= 4 is 18.5 Å². The van der Waals surface area contributed by atoms with Gasteiger partial charge in [-0.25, -0.2) is 0 Å². The maximum Gasteiger partial charge on any atom is 0.113 e. The van der Waals surface area contributed by atoms with Gasteiger partial charge < -0.3 is 0 Å². The van der Waals surface area contributed by atoms with Crippen LogP contribution in [0.1, 0.15) is 88.8 Å². The standard InChI is InChI=1S/C30H38Si/c1-19-17-21-13-11-15-23(29(3,4)5)25(21)27(19)31(9,10)28-20(2)18-22-14-12-16-24(26(22)28)30(6,7)8/h11-18H,1-10H3. The van der Waals surface area contributed by atoms with E-state index in [1.807, 2.05) is 0 Å². The predicted molar refractivity (Wildman–Crippen MR) is 140 cm³/mol. The molecule has 2 aliphatic rings. The van der Waals surface area contributed by atoms with Crippen LogP contribution in [0.15, 0.2) is 47.5 Å². The first-order valence-electron chi connectivity index (χ1n) is 11.6. The molecule has 2 radical (unpaired) electrons. The zero-order chi connectivity index (χ0) is 22.9. The quantitative estimate of drug-likeness (QED) is 0.422. The Morgan fingerprint density at radius 3 is 1.26 bits per heavy atom. The highest BCUT2D eigenvalue weighted by atomic mass is 28.3. The van der Waals surface area contributed by atoms with Gasteiger partial charge in [-0.2, -0.15) is 0 Å². The van der Waals surface area contributed by atoms with Gasteiger partial charge in [-0.1, -0.05) is 102 Å². The fraction of sp³-hybridized carbons (Fsp3) is 0.400. The lowest BCUT2D eigenvalue weighted by Gasteiger charge is -2.35. The van der Waals surface area contributed by atoms with Gasteiger partial charge in [0.1, 0.15) is 8.07 Å². The van der Waals surface area contributed by atoms with Crippen molar-refractivity contribution in [1.82, 2.24) is 0 Å². The second-order valence-corrected chi connectivity index (χ2v) is 16.3.